The molecule has 0 bridgehead atoms. The van der Waals surface area contributed by atoms with E-state index >= 15 is 0 Å². The number of benzene rings is 3. The number of rotatable bonds is 6. The number of nitrogens with zero attached hydrogens (tertiary/aromatic N) is 1. The molecule has 3 aromatic carbocycles. The number of nitrogens with one attached hydrogen (secondary N) is 3. The van der Waals surface area contributed by atoms with Crippen molar-refractivity contribution in [1.82, 2.24) is 10.6 Å². The number of amides is 4. The molecule has 198 valence electrons. The molecule has 4 amide bonds. The Bertz CT molecular complexity index is 1300. The van der Waals surface area contributed by atoms with E-state index < -0.39 is 17.6 Å². The molecular formula is C30H34N4O4. The molecule has 0 radical (unpaired) electrons. The van der Waals surface area contributed by atoms with Crippen LogP contribution in [0.5, 0.6) is 5.75 Å². The third-order valence-corrected chi connectivity index (χ3v) is 6.29. The summed E-state index contributed by atoms with van der Waals surface area (Å²) in [6.45, 7) is 5.51. The molecule has 1 aliphatic heterocycles. The quantitative estimate of drug-likeness (QED) is 0.445. The van der Waals surface area contributed by atoms with Crippen LogP contribution in [0.3, 0.4) is 0 Å². The van der Waals surface area contributed by atoms with Crippen molar-refractivity contribution in [2.75, 3.05) is 23.9 Å². The van der Waals surface area contributed by atoms with Gasteiger partial charge in [0.15, 0.2) is 0 Å². The Hall–Kier alpha value is -4.33. The molecule has 8 nitrogen and oxygen atoms in total. The highest BCUT2D eigenvalue weighted by Crippen LogP contribution is 2.39. The lowest BCUT2D eigenvalue weighted by Gasteiger charge is -2.28. The van der Waals surface area contributed by atoms with Gasteiger partial charge in [0.05, 0.1) is 7.11 Å². The van der Waals surface area contributed by atoms with Gasteiger partial charge in [-0.05, 0) is 56.5 Å². The first kappa shape index (κ1) is 26.7. The fourth-order valence-electron chi connectivity index (χ4n) is 4.71. The molecule has 0 unspecified atom stereocenters. The average Bonchev–Trinajstić information content (AvgIpc) is 2.99. The number of hydrogen-bond acceptors (Lipinski definition) is 4. The largest absolute Gasteiger partial charge is 0.497 e. The highest BCUT2D eigenvalue weighted by Gasteiger charge is 2.37. The number of methoxy groups -OCH3 is 1. The number of urea groups is 1. The Balaban J connectivity index is 1.68. The van der Waals surface area contributed by atoms with Crippen LogP contribution in [0.2, 0.25) is 0 Å². The molecular weight excluding hydrogens is 480 g/mol. The van der Waals surface area contributed by atoms with Crippen molar-refractivity contribution < 1.29 is 19.1 Å². The molecule has 38 heavy (non-hydrogen) atoms. The first-order valence-electron chi connectivity index (χ1n) is 12.6. The predicted octanol–water partition coefficient (Wildman–Crippen LogP) is 4.67. The zero-order valence-corrected chi connectivity index (χ0v) is 22.2. The minimum absolute atomic E-state index is 0.162. The van der Waals surface area contributed by atoms with Crippen molar-refractivity contribution in [2.45, 2.75) is 44.7 Å². The van der Waals surface area contributed by atoms with E-state index in [4.69, 9.17) is 4.74 Å². The maximum absolute atomic E-state index is 14.0. The smallest absolute Gasteiger partial charge is 0.319 e. The van der Waals surface area contributed by atoms with E-state index in [9.17, 15) is 14.4 Å². The second-order valence-electron chi connectivity index (χ2n) is 10.4. The molecule has 8 heteroatoms. The van der Waals surface area contributed by atoms with Crippen LogP contribution in [0.25, 0.3) is 0 Å². The molecule has 4 rings (SSSR count). The summed E-state index contributed by atoms with van der Waals surface area (Å²) in [5, 5.41) is 8.59. The van der Waals surface area contributed by atoms with E-state index in [1.54, 1.807) is 31.4 Å². The molecule has 2 atom stereocenters. The number of fused-ring (bicyclic) bond motifs is 1. The summed E-state index contributed by atoms with van der Waals surface area (Å²) in [6, 6.07) is 23.1. The SMILES string of the molecule is COc1cccc(NC(=O)N[C@@H]2C[C@H](c3ccccc3)c3ccccc3N(CC(=O)NC(C)(C)C)C2=O)c1. The first-order chi connectivity index (χ1) is 18.1. The van der Waals surface area contributed by atoms with Gasteiger partial charge in [-0.15, -0.1) is 0 Å². The number of anilines is 2. The summed E-state index contributed by atoms with van der Waals surface area (Å²) in [4.78, 5) is 41.5. The van der Waals surface area contributed by atoms with Crippen LogP contribution in [0.1, 0.15) is 44.2 Å². The first-order valence-corrected chi connectivity index (χ1v) is 12.6. The molecule has 0 saturated heterocycles. The summed E-state index contributed by atoms with van der Waals surface area (Å²) in [5.41, 5.74) is 2.69. The van der Waals surface area contributed by atoms with Crippen molar-refractivity contribution in [2.24, 2.45) is 0 Å². The van der Waals surface area contributed by atoms with Crippen LogP contribution in [0, 0.1) is 0 Å². The summed E-state index contributed by atoms with van der Waals surface area (Å²) < 4.78 is 5.23. The summed E-state index contributed by atoms with van der Waals surface area (Å²) in [6.07, 6.45) is 0.336. The Morgan fingerprint density at radius 2 is 1.68 bits per heavy atom. The number of ether oxygens (including phenoxy) is 1. The lowest BCUT2D eigenvalue weighted by Crippen LogP contribution is -2.53. The fourth-order valence-corrected chi connectivity index (χ4v) is 4.71. The number of para-hydroxylation sites is 1. The van der Waals surface area contributed by atoms with Gasteiger partial charge in [-0.2, -0.15) is 0 Å². The minimum atomic E-state index is -0.874. The fraction of sp³-hybridized carbons (Fsp3) is 0.300. The molecule has 1 heterocycles. The number of carbonyl (C=O) groups is 3. The summed E-state index contributed by atoms with van der Waals surface area (Å²) in [7, 11) is 1.55. The van der Waals surface area contributed by atoms with Crippen LogP contribution in [0.4, 0.5) is 16.2 Å². The lowest BCUT2D eigenvalue weighted by molar-refractivity contribution is -0.125. The number of carbonyl (C=O) groups excluding carboxylic acids is 3. The second kappa shape index (κ2) is 11.4. The van der Waals surface area contributed by atoms with Crippen LogP contribution in [0.15, 0.2) is 78.9 Å². The monoisotopic (exact) mass is 514 g/mol. The van der Waals surface area contributed by atoms with Gasteiger partial charge >= 0.3 is 6.03 Å². The van der Waals surface area contributed by atoms with Crippen LogP contribution < -0.4 is 25.6 Å². The Morgan fingerprint density at radius 3 is 2.39 bits per heavy atom. The molecule has 0 spiro atoms. The van der Waals surface area contributed by atoms with Gasteiger partial charge in [0.2, 0.25) is 11.8 Å². The topological polar surface area (TPSA) is 99.8 Å². The molecule has 3 aromatic rings. The maximum atomic E-state index is 14.0. The zero-order chi connectivity index (χ0) is 27.3. The van der Waals surface area contributed by atoms with Crippen LogP contribution in [-0.4, -0.2) is 43.1 Å². The molecule has 1 aliphatic rings. The van der Waals surface area contributed by atoms with E-state index in [1.165, 1.54) is 4.90 Å². The highest BCUT2D eigenvalue weighted by molar-refractivity contribution is 6.05. The maximum Gasteiger partial charge on any atom is 0.319 e. The van der Waals surface area contributed by atoms with E-state index in [1.807, 2.05) is 75.4 Å². The Kier molecular flexibility index (Phi) is 8.00. The van der Waals surface area contributed by atoms with Crippen LogP contribution in [-0.2, 0) is 9.59 Å². The van der Waals surface area contributed by atoms with Gasteiger partial charge in [-0.25, -0.2) is 4.79 Å². The van der Waals surface area contributed by atoms with Crippen LogP contribution >= 0.6 is 0 Å². The summed E-state index contributed by atoms with van der Waals surface area (Å²) in [5.74, 6) is -0.197. The van der Waals surface area contributed by atoms with Gasteiger partial charge in [-0.3, -0.25) is 9.59 Å². The van der Waals surface area contributed by atoms with Crippen molar-refractivity contribution in [3.63, 3.8) is 0 Å². The summed E-state index contributed by atoms with van der Waals surface area (Å²) >= 11 is 0. The van der Waals surface area contributed by atoms with Crippen molar-refractivity contribution in [3.8, 4) is 5.75 Å². The highest BCUT2D eigenvalue weighted by atomic mass is 16.5. The van der Waals surface area contributed by atoms with Gasteiger partial charge in [0.1, 0.15) is 18.3 Å². The van der Waals surface area contributed by atoms with Gasteiger partial charge in [-0.1, -0.05) is 54.6 Å². The van der Waals surface area contributed by atoms with Crippen molar-refractivity contribution in [3.05, 3.63) is 90.0 Å². The van der Waals surface area contributed by atoms with Crippen molar-refractivity contribution >= 4 is 29.2 Å². The average molecular weight is 515 g/mol. The molecule has 0 fully saturated rings. The van der Waals surface area contributed by atoms with E-state index in [2.05, 4.69) is 16.0 Å². The van der Waals surface area contributed by atoms with E-state index in [-0.39, 0.29) is 24.3 Å². The minimum Gasteiger partial charge on any atom is -0.497 e. The molecule has 3 N–H and O–H groups in total. The second-order valence-corrected chi connectivity index (χ2v) is 10.4. The van der Waals surface area contributed by atoms with Crippen molar-refractivity contribution in [1.29, 1.82) is 0 Å². The van der Waals surface area contributed by atoms with E-state index in [0.29, 0.717) is 23.5 Å². The van der Waals surface area contributed by atoms with E-state index in [0.717, 1.165) is 11.1 Å². The Labute approximate surface area is 223 Å². The Morgan fingerprint density at radius 1 is 0.974 bits per heavy atom. The molecule has 0 saturated carbocycles. The third kappa shape index (κ3) is 6.51. The van der Waals surface area contributed by atoms with Gasteiger partial charge < -0.3 is 25.6 Å². The predicted molar refractivity (Wildman–Crippen MR) is 149 cm³/mol. The molecule has 0 aliphatic carbocycles. The normalized spacial score (nSPS) is 17.2. The standard InChI is InChI=1S/C30H34N4O4/c1-30(2,3)33-27(35)19-34-26-16-9-8-15-23(26)24(20-11-6-5-7-12-20)18-25(28(34)36)32-29(37)31-21-13-10-14-22(17-21)38-4/h5-17,24-25H,18-19H2,1-4H3,(H,33,35)(H2,31,32,37)/t24-,25-/m1/s1. The number of hydrogen-bond donors (Lipinski definition) is 3. The van der Waals surface area contributed by atoms with Gasteiger partial charge in [0, 0.05) is 28.9 Å². The third-order valence-electron chi connectivity index (χ3n) is 6.29. The lowest BCUT2D eigenvalue weighted by atomic mass is 9.86. The molecule has 0 aromatic heterocycles. The zero-order valence-electron chi connectivity index (χ0n) is 22.2. The van der Waals surface area contributed by atoms with Gasteiger partial charge in [0.25, 0.3) is 0 Å².